The number of nitrogens with one attached hydrogen (secondary N) is 1. The molecule has 1 amide bonds. The quantitative estimate of drug-likeness (QED) is 0.891. The molecular formula is C14H20N2O4S. The minimum atomic E-state index is -3.26. The number of carbonyl (C=O) groups excluding carboxylic acids is 1. The number of carbonyl (C=O) groups is 1. The van der Waals surface area contributed by atoms with Gasteiger partial charge in [0.05, 0.1) is 11.9 Å². The molecule has 7 heteroatoms. The molecule has 0 aliphatic carbocycles. The van der Waals surface area contributed by atoms with Crippen molar-refractivity contribution >= 4 is 27.3 Å². The van der Waals surface area contributed by atoms with Crippen molar-refractivity contribution in [2.75, 3.05) is 35.6 Å². The van der Waals surface area contributed by atoms with Crippen LogP contribution in [0.25, 0.3) is 0 Å². The summed E-state index contributed by atoms with van der Waals surface area (Å²) < 4.78 is 30.0. The van der Waals surface area contributed by atoms with Gasteiger partial charge in [-0.2, -0.15) is 0 Å². The van der Waals surface area contributed by atoms with Gasteiger partial charge >= 0.3 is 0 Å². The average molecular weight is 312 g/mol. The van der Waals surface area contributed by atoms with Gasteiger partial charge in [0.2, 0.25) is 15.9 Å². The Hall–Kier alpha value is -1.60. The maximum Gasteiger partial charge on any atom is 0.250 e. The van der Waals surface area contributed by atoms with Crippen molar-refractivity contribution in [1.82, 2.24) is 0 Å². The number of rotatable bonds is 5. The molecule has 6 nitrogen and oxygen atoms in total. The predicted molar refractivity (Wildman–Crippen MR) is 82.1 cm³/mol. The lowest BCUT2D eigenvalue weighted by Gasteiger charge is -2.29. The van der Waals surface area contributed by atoms with Gasteiger partial charge in [-0.1, -0.05) is 0 Å². The topological polar surface area (TPSA) is 75.7 Å². The Morgan fingerprint density at radius 3 is 2.86 bits per heavy atom. The number of sulfonamides is 1. The maximum absolute atomic E-state index is 11.8. The van der Waals surface area contributed by atoms with Crippen molar-refractivity contribution in [3.63, 3.8) is 0 Å². The monoisotopic (exact) mass is 312 g/mol. The molecule has 0 unspecified atom stereocenters. The normalized spacial score (nSPS) is 14.7. The largest absolute Gasteiger partial charge is 0.372 e. The first-order valence-electron chi connectivity index (χ1n) is 6.90. The molecule has 0 saturated heterocycles. The highest BCUT2D eigenvalue weighted by atomic mass is 32.2. The fourth-order valence-electron chi connectivity index (χ4n) is 2.38. The number of hydrogen-bond donors (Lipinski definition) is 1. The number of fused-ring (bicyclic) bond motifs is 1. The number of aryl methyl sites for hydroxylation is 1. The standard InChI is InChI=1S/C14H20N2O4S/c1-3-20-10-14(17)15-12-6-7-13-11(9-12)5-4-8-16(13)21(2,18)19/h6-7,9H,3-5,8,10H2,1-2H3,(H,15,17). The molecule has 0 fully saturated rings. The number of nitrogens with zero attached hydrogens (tertiary/aromatic N) is 1. The van der Waals surface area contributed by atoms with Gasteiger partial charge in [0.15, 0.2) is 0 Å². The van der Waals surface area contributed by atoms with Crippen molar-refractivity contribution in [1.29, 1.82) is 0 Å². The molecule has 1 aromatic carbocycles. The molecule has 1 heterocycles. The molecule has 21 heavy (non-hydrogen) atoms. The second-order valence-corrected chi connectivity index (χ2v) is 6.87. The predicted octanol–water partition coefficient (Wildman–Crippen LogP) is 1.37. The van der Waals surface area contributed by atoms with Crippen LogP contribution >= 0.6 is 0 Å². The number of amides is 1. The van der Waals surface area contributed by atoms with Crippen LogP contribution in [0.2, 0.25) is 0 Å². The molecule has 0 spiro atoms. The Bertz CT molecular complexity index is 628. The third kappa shape index (κ3) is 3.95. The van der Waals surface area contributed by atoms with E-state index in [4.69, 9.17) is 4.74 Å². The van der Waals surface area contributed by atoms with Crippen LogP contribution in [0.15, 0.2) is 18.2 Å². The number of anilines is 2. The molecule has 1 aliphatic rings. The highest BCUT2D eigenvalue weighted by molar-refractivity contribution is 7.92. The molecule has 1 N–H and O–H groups in total. The first-order chi connectivity index (χ1) is 9.91. The smallest absolute Gasteiger partial charge is 0.250 e. The third-order valence-electron chi connectivity index (χ3n) is 3.28. The average Bonchev–Trinajstić information content (AvgIpc) is 2.43. The van der Waals surface area contributed by atoms with Crippen molar-refractivity contribution in [3.8, 4) is 0 Å². The van der Waals surface area contributed by atoms with E-state index >= 15 is 0 Å². The molecule has 0 bridgehead atoms. The summed E-state index contributed by atoms with van der Waals surface area (Å²) in [6.45, 7) is 2.83. The van der Waals surface area contributed by atoms with Gasteiger partial charge in [-0.15, -0.1) is 0 Å². The molecule has 1 aromatic rings. The Balaban J connectivity index is 2.18. The summed E-state index contributed by atoms with van der Waals surface area (Å²) in [5, 5.41) is 2.75. The van der Waals surface area contributed by atoms with Gasteiger partial charge in [-0.25, -0.2) is 8.42 Å². The van der Waals surface area contributed by atoms with Crippen LogP contribution in [0, 0.1) is 0 Å². The molecule has 0 atom stereocenters. The molecule has 116 valence electrons. The number of hydrogen-bond acceptors (Lipinski definition) is 4. The molecule has 0 aromatic heterocycles. The van der Waals surface area contributed by atoms with E-state index in [9.17, 15) is 13.2 Å². The van der Waals surface area contributed by atoms with Crippen LogP contribution in [-0.2, 0) is 26.0 Å². The van der Waals surface area contributed by atoms with Crippen LogP contribution in [0.4, 0.5) is 11.4 Å². The van der Waals surface area contributed by atoms with E-state index in [0.29, 0.717) is 24.5 Å². The summed E-state index contributed by atoms with van der Waals surface area (Å²) in [4.78, 5) is 11.6. The summed E-state index contributed by atoms with van der Waals surface area (Å²) >= 11 is 0. The summed E-state index contributed by atoms with van der Waals surface area (Å²) in [5.74, 6) is -0.215. The summed E-state index contributed by atoms with van der Waals surface area (Å²) in [5.41, 5.74) is 2.29. The minimum Gasteiger partial charge on any atom is -0.372 e. The van der Waals surface area contributed by atoms with Crippen LogP contribution in [-0.4, -0.2) is 40.3 Å². The summed E-state index contributed by atoms with van der Waals surface area (Å²) in [6, 6.07) is 5.29. The minimum absolute atomic E-state index is 0.0169. The van der Waals surface area contributed by atoms with Gasteiger partial charge in [0.25, 0.3) is 0 Å². The molecule has 0 saturated carbocycles. The summed E-state index contributed by atoms with van der Waals surface area (Å²) in [7, 11) is -3.26. The molecular weight excluding hydrogens is 292 g/mol. The number of ether oxygens (including phenoxy) is 1. The molecule has 2 rings (SSSR count). The van der Waals surface area contributed by atoms with Gasteiger partial charge in [-0.3, -0.25) is 9.10 Å². The fraction of sp³-hybridized carbons (Fsp3) is 0.500. The van der Waals surface area contributed by atoms with Gasteiger partial charge in [0.1, 0.15) is 6.61 Å². The SMILES string of the molecule is CCOCC(=O)Nc1ccc2c(c1)CCCN2S(C)(=O)=O. The third-order valence-corrected chi connectivity index (χ3v) is 4.46. The van der Waals surface area contributed by atoms with E-state index in [2.05, 4.69) is 5.32 Å². The lowest BCUT2D eigenvalue weighted by Crippen LogP contribution is -2.34. The van der Waals surface area contributed by atoms with Crippen molar-refractivity contribution in [2.45, 2.75) is 19.8 Å². The summed E-state index contributed by atoms with van der Waals surface area (Å²) in [6.07, 6.45) is 2.78. The van der Waals surface area contributed by atoms with Crippen LogP contribution in [0.5, 0.6) is 0 Å². The zero-order valence-electron chi connectivity index (χ0n) is 12.3. The first-order valence-corrected chi connectivity index (χ1v) is 8.75. The van der Waals surface area contributed by atoms with E-state index in [1.807, 2.05) is 13.0 Å². The Kier molecular flexibility index (Phi) is 4.84. The van der Waals surface area contributed by atoms with Gasteiger partial charge < -0.3 is 10.1 Å². The Labute approximate surface area is 125 Å². The zero-order chi connectivity index (χ0) is 15.5. The van der Waals surface area contributed by atoms with Crippen molar-refractivity contribution in [3.05, 3.63) is 23.8 Å². The van der Waals surface area contributed by atoms with Gasteiger partial charge in [-0.05, 0) is 43.5 Å². The van der Waals surface area contributed by atoms with Gasteiger partial charge in [0, 0.05) is 18.8 Å². The number of benzene rings is 1. The van der Waals surface area contributed by atoms with Crippen LogP contribution in [0.1, 0.15) is 18.9 Å². The molecule has 0 radical (unpaired) electrons. The second kappa shape index (κ2) is 6.44. The Morgan fingerprint density at radius 2 is 2.19 bits per heavy atom. The highest BCUT2D eigenvalue weighted by Gasteiger charge is 2.24. The van der Waals surface area contributed by atoms with E-state index < -0.39 is 10.0 Å². The lowest BCUT2D eigenvalue weighted by atomic mass is 10.0. The van der Waals surface area contributed by atoms with E-state index in [1.54, 1.807) is 12.1 Å². The second-order valence-electron chi connectivity index (χ2n) is 4.97. The van der Waals surface area contributed by atoms with Crippen LogP contribution in [0.3, 0.4) is 0 Å². The maximum atomic E-state index is 11.8. The highest BCUT2D eigenvalue weighted by Crippen LogP contribution is 2.31. The van der Waals surface area contributed by atoms with E-state index in [-0.39, 0.29) is 12.5 Å². The van der Waals surface area contributed by atoms with Crippen molar-refractivity contribution in [2.24, 2.45) is 0 Å². The van der Waals surface area contributed by atoms with E-state index in [1.165, 1.54) is 10.6 Å². The Morgan fingerprint density at radius 1 is 1.43 bits per heavy atom. The molecule has 1 aliphatic heterocycles. The van der Waals surface area contributed by atoms with Crippen LogP contribution < -0.4 is 9.62 Å². The lowest BCUT2D eigenvalue weighted by molar-refractivity contribution is -0.120. The zero-order valence-corrected chi connectivity index (χ0v) is 13.1. The van der Waals surface area contributed by atoms with E-state index in [0.717, 1.165) is 18.4 Å². The van der Waals surface area contributed by atoms with Crippen molar-refractivity contribution < 1.29 is 17.9 Å². The fourth-order valence-corrected chi connectivity index (χ4v) is 3.37. The first kappa shape index (κ1) is 15.8.